The van der Waals surface area contributed by atoms with Crippen LogP contribution in [0.4, 0.5) is 5.69 Å². The number of carboxylic acids is 1. The van der Waals surface area contributed by atoms with E-state index in [0.717, 1.165) is 0 Å². The Hall–Kier alpha value is -2.63. The molecule has 0 aliphatic heterocycles. The first-order valence-corrected chi connectivity index (χ1v) is 7.86. The van der Waals surface area contributed by atoms with Gasteiger partial charge in [-0.3, -0.25) is 9.59 Å². The lowest BCUT2D eigenvalue weighted by Gasteiger charge is -2.26. The first-order valence-electron chi connectivity index (χ1n) is 7.86. The van der Waals surface area contributed by atoms with Crippen molar-refractivity contribution in [2.45, 2.75) is 32.8 Å². The summed E-state index contributed by atoms with van der Waals surface area (Å²) in [5.41, 5.74) is 0.502. The van der Waals surface area contributed by atoms with E-state index in [1.165, 1.54) is 24.3 Å². The number of rotatable bonds is 5. The number of carboxylic acid groups (broad SMARTS) is 1. The van der Waals surface area contributed by atoms with E-state index in [2.05, 4.69) is 5.32 Å². The van der Waals surface area contributed by atoms with Crippen LogP contribution in [0.2, 0.25) is 0 Å². The summed E-state index contributed by atoms with van der Waals surface area (Å²) in [6.45, 7) is 3.54. The molecule has 6 nitrogen and oxygen atoms in total. The number of esters is 1. The first kappa shape index (κ1) is 17.7. The zero-order valence-electron chi connectivity index (χ0n) is 13.7. The van der Waals surface area contributed by atoms with E-state index in [-0.39, 0.29) is 23.5 Å². The second kappa shape index (κ2) is 7.77. The molecule has 0 saturated heterocycles. The molecule has 6 heteroatoms. The number of nitrogens with one attached hydrogen (secondary N) is 1. The second-order valence-electron chi connectivity index (χ2n) is 6.00. The largest absolute Gasteiger partial charge is 0.545 e. The van der Waals surface area contributed by atoms with Gasteiger partial charge in [0.2, 0.25) is 5.91 Å². The van der Waals surface area contributed by atoms with E-state index in [4.69, 9.17) is 4.74 Å². The lowest BCUT2D eigenvalue weighted by Crippen LogP contribution is -2.36. The number of amides is 1. The van der Waals surface area contributed by atoms with Crippen LogP contribution >= 0.6 is 0 Å². The van der Waals surface area contributed by atoms with Crippen LogP contribution in [0.1, 0.15) is 37.0 Å². The maximum Gasteiger partial charge on any atom is 0.310 e. The number of anilines is 1. The summed E-state index contributed by atoms with van der Waals surface area (Å²) < 4.78 is 5.24. The number of allylic oxidation sites excluding steroid dienone is 2. The maximum absolute atomic E-state index is 12.5. The second-order valence-corrected chi connectivity index (χ2v) is 6.00. The minimum atomic E-state index is -1.28. The average Bonchev–Trinajstić information content (AvgIpc) is 2.54. The molecule has 0 fully saturated rings. The monoisotopic (exact) mass is 330 g/mol. The molecule has 1 aliphatic rings. The van der Waals surface area contributed by atoms with E-state index in [0.29, 0.717) is 18.5 Å². The lowest BCUT2D eigenvalue weighted by atomic mass is 9.82. The van der Waals surface area contributed by atoms with Crippen molar-refractivity contribution in [2.75, 3.05) is 5.32 Å². The third kappa shape index (κ3) is 4.44. The summed E-state index contributed by atoms with van der Waals surface area (Å²) in [5, 5.41) is 13.5. The molecule has 24 heavy (non-hydrogen) atoms. The molecular formula is C18H20NO5-. The highest BCUT2D eigenvalue weighted by atomic mass is 16.5. The van der Waals surface area contributed by atoms with Crippen LogP contribution in [0.3, 0.4) is 0 Å². The van der Waals surface area contributed by atoms with Gasteiger partial charge >= 0.3 is 5.97 Å². The molecule has 128 valence electrons. The number of hydrogen-bond donors (Lipinski definition) is 1. The Kier molecular flexibility index (Phi) is 5.73. The highest BCUT2D eigenvalue weighted by molar-refractivity contribution is 5.96. The van der Waals surface area contributed by atoms with Gasteiger partial charge in [-0.1, -0.05) is 24.3 Å². The summed E-state index contributed by atoms with van der Waals surface area (Å²) in [4.78, 5) is 35.4. The van der Waals surface area contributed by atoms with Crippen molar-refractivity contribution in [2.24, 2.45) is 11.8 Å². The molecule has 1 aliphatic carbocycles. The summed E-state index contributed by atoms with van der Waals surface area (Å²) in [6.07, 6.45) is 4.45. The van der Waals surface area contributed by atoms with E-state index < -0.39 is 17.8 Å². The molecule has 0 unspecified atom stereocenters. The van der Waals surface area contributed by atoms with E-state index in [1.807, 2.05) is 12.2 Å². The van der Waals surface area contributed by atoms with Gasteiger partial charge in [0.1, 0.15) is 0 Å². The Morgan fingerprint density at radius 3 is 2.21 bits per heavy atom. The SMILES string of the molecule is CC(C)OC(=O)[C@H]1CC=CC[C@H]1C(=O)Nc1ccc(C(=O)[O-])cc1. The fourth-order valence-electron chi connectivity index (χ4n) is 2.61. The number of hydrogen-bond acceptors (Lipinski definition) is 5. The molecular weight excluding hydrogens is 310 g/mol. The van der Waals surface area contributed by atoms with Crippen LogP contribution in [0.5, 0.6) is 0 Å². The van der Waals surface area contributed by atoms with Crippen LogP contribution in [-0.4, -0.2) is 23.9 Å². The molecule has 1 N–H and O–H groups in total. The van der Waals surface area contributed by atoms with Gasteiger partial charge in [-0.15, -0.1) is 0 Å². The van der Waals surface area contributed by atoms with Crippen molar-refractivity contribution in [3.05, 3.63) is 42.0 Å². The summed E-state index contributed by atoms with van der Waals surface area (Å²) in [7, 11) is 0. The Bertz CT molecular complexity index is 648. The quantitative estimate of drug-likeness (QED) is 0.652. The van der Waals surface area contributed by atoms with Crippen molar-refractivity contribution in [1.29, 1.82) is 0 Å². The fraction of sp³-hybridized carbons (Fsp3) is 0.389. The van der Waals surface area contributed by atoms with Crippen molar-refractivity contribution in [1.82, 2.24) is 0 Å². The van der Waals surface area contributed by atoms with Gasteiger partial charge in [-0.05, 0) is 44.4 Å². The third-order valence-corrected chi connectivity index (χ3v) is 3.81. The van der Waals surface area contributed by atoms with Crippen LogP contribution in [0.15, 0.2) is 36.4 Å². The predicted octanol–water partition coefficient (Wildman–Crippen LogP) is 1.52. The van der Waals surface area contributed by atoms with Gasteiger partial charge in [0.15, 0.2) is 0 Å². The van der Waals surface area contributed by atoms with E-state index >= 15 is 0 Å². The summed E-state index contributed by atoms with van der Waals surface area (Å²) in [5.74, 6) is -2.96. The number of aromatic carboxylic acids is 1. The Morgan fingerprint density at radius 2 is 1.67 bits per heavy atom. The maximum atomic E-state index is 12.5. The van der Waals surface area contributed by atoms with Gasteiger partial charge in [-0.25, -0.2) is 0 Å². The van der Waals surface area contributed by atoms with E-state index in [9.17, 15) is 19.5 Å². The number of carbonyl (C=O) groups excluding carboxylic acids is 3. The highest BCUT2D eigenvalue weighted by Crippen LogP contribution is 2.28. The van der Waals surface area contributed by atoms with Gasteiger partial charge in [0, 0.05) is 5.69 Å². The Morgan fingerprint density at radius 1 is 1.08 bits per heavy atom. The number of benzene rings is 1. The normalized spacial score (nSPS) is 19.8. The molecule has 1 amide bonds. The Labute approximate surface area is 140 Å². The van der Waals surface area contributed by atoms with Crippen molar-refractivity contribution >= 4 is 23.5 Å². The van der Waals surface area contributed by atoms with Crippen LogP contribution in [0.25, 0.3) is 0 Å². The van der Waals surface area contributed by atoms with Gasteiger partial charge in [0.25, 0.3) is 0 Å². The van der Waals surface area contributed by atoms with Crippen LogP contribution in [0, 0.1) is 11.8 Å². The molecule has 0 aromatic heterocycles. The van der Waals surface area contributed by atoms with Gasteiger partial charge in [-0.2, -0.15) is 0 Å². The molecule has 0 heterocycles. The van der Waals surface area contributed by atoms with Crippen molar-refractivity contribution in [3.63, 3.8) is 0 Å². The molecule has 2 rings (SSSR count). The number of ether oxygens (including phenoxy) is 1. The average molecular weight is 330 g/mol. The summed E-state index contributed by atoms with van der Waals surface area (Å²) >= 11 is 0. The molecule has 2 atom stereocenters. The zero-order chi connectivity index (χ0) is 17.7. The minimum absolute atomic E-state index is 0.0342. The van der Waals surface area contributed by atoms with Crippen LogP contribution < -0.4 is 10.4 Å². The third-order valence-electron chi connectivity index (χ3n) is 3.81. The van der Waals surface area contributed by atoms with Gasteiger partial charge < -0.3 is 20.0 Å². The smallest absolute Gasteiger partial charge is 0.310 e. The standard InChI is InChI=1S/C18H21NO5/c1-11(2)24-18(23)15-6-4-3-5-14(15)16(20)19-13-9-7-12(8-10-13)17(21)22/h3-4,7-11,14-15H,5-6H2,1-2H3,(H,19,20)(H,21,22)/p-1/t14-,15+/m1/s1. The number of carbonyl (C=O) groups is 3. The molecule has 0 radical (unpaired) electrons. The van der Waals surface area contributed by atoms with Gasteiger partial charge in [0.05, 0.1) is 23.9 Å². The lowest BCUT2D eigenvalue weighted by molar-refractivity contribution is -0.255. The highest BCUT2D eigenvalue weighted by Gasteiger charge is 2.35. The van der Waals surface area contributed by atoms with E-state index in [1.54, 1.807) is 13.8 Å². The van der Waals surface area contributed by atoms with Crippen molar-refractivity contribution < 1.29 is 24.2 Å². The molecule has 0 saturated carbocycles. The minimum Gasteiger partial charge on any atom is -0.545 e. The molecule has 0 bridgehead atoms. The zero-order valence-corrected chi connectivity index (χ0v) is 13.7. The Balaban J connectivity index is 2.07. The molecule has 1 aromatic carbocycles. The molecule has 0 spiro atoms. The van der Waals surface area contributed by atoms with Crippen molar-refractivity contribution in [3.8, 4) is 0 Å². The first-order chi connectivity index (χ1) is 11.4. The summed E-state index contributed by atoms with van der Waals surface area (Å²) in [6, 6.07) is 5.69. The topological polar surface area (TPSA) is 95.5 Å². The van der Waals surface area contributed by atoms with Crippen LogP contribution in [-0.2, 0) is 14.3 Å². The molecule has 1 aromatic rings. The predicted molar refractivity (Wildman–Crippen MR) is 86.0 cm³/mol. The fourth-order valence-corrected chi connectivity index (χ4v) is 2.61.